The first-order valence-corrected chi connectivity index (χ1v) is 8.70. The predicted molar refractivity (Wildman–Crippen MR) is 106 cm³/mol. The number of nitrogens with one attached hydrogen (secondary N) is 1. The molecule has 0 radical (unpaired) electrons. The first-order valence-electron chi connectivity index (χ1n) is 8.70. The van der Waals surface area contributed by atoms with E-state index in [4.69, 9.17) is 4.99 Å². The summed E-state index contributed by atoms with van der Waals surface area (Å²) in [5, 5.41) is 12.7. The molecule has 1 unspecified atom stereocenters. The van der Waals surface area contributed by atoms with Crippen LogP contribution >= 0.6 is 24.0 Å². The summed E-state index contributed by atoms with van der Waals surface area (Å²) < 4.78 is 0. The van der Waals surface area contributed by atoms with E-state index in [1.165, 1.54) is 12.8 Å². The Morgan fingerprint density at radius 3 is 2.45 bits per heavy atom. The summed E-state index contributed by atoms with van der Waals surface area (Å²) in [6.45, 7) is 13.2. The SMILES string of the molecule is CCNC(=NCC(CCO)CC(C)C)N1CCC(C)CC1.I. The molecule has 0 bridgehead atoms. The summed E-state index contributed by atoms with van der Waals surface area (Å²) in [6, 6.07) is 0. The molecule has 0 amide bonds. The number of hydrogen-bond acceptors (Lipinski definition) is 2. The van der Waals surface area contributed by atoms with Crippen molar-refractivity contribution >= 4 is 29.9 Å². The maximum absolute atomic E-state index is 9.22. The quantitative estimate of drug-likeness (QED) is 0.374. The van der Waals surface area contributed by atoms with Gasteiger partial charge >= 0.3 is 0 Å². The molecule has 1 aliphatic heterocycles. The van der Waals surface area contributed by atoms with Gasteiger partial charge in [0.25, 0.3) is 0 Å². The fourth-order valence-corrected chi connectivity index (χ4v) is 2.99. The molecule has 0 aromatic rings. The summed E-state index contributed by atoms with van der Waals surface area (Å²) in [4.78, 5) is 7.25. The van der Waals surface area contributed by atoms with E-state index in [2.05, 4.69) is 37.9 Å². The Labute approximate surface area is 154 Å². The number of aliphatic imine (C=N–C) groups is 1. The van der Waals surface area contributed by atoms with E-state index in [9.17, 15) is 5.11 Å². The largest absolute Gasteiger partial charge is 0.396 e. The Kier molecular flexibility index (Phi) is 12.4. The lowest BCUT2D eigenvalue weighted by molar-refractivity contribution is 0.244. The maximum atomic E-state index is 9.22. The molecule has 1 heterocycles. The highest BCUT2D eigenvalue weighted by Crippen LogP contribution is 2.18. The zero-order chi connectivity index (χ0) is 15.7. The van der Waals surface area contributed by atoms with Crippen molar-refractivity contribution in [1.82, 2.24) is 10.2 Å². The predicted octanol–water partition coefficient (Wildman–Crippen LogP) is 3.35. The standard InChI is InChI=1S/C17H35N3O.HI/c1-5-18-17(20-9-6-15(4)7-10-20)19-13-16(8-11-21)12-14(2)3;/h14-16,21H,5-13H2,1-4H3,(H,18,19);1H. The fourth-order valence-electron chi connectivity index (χ4n) is 2.99. The van der Waals surface area contributed by atoms with Crippen LogP contribution in [-0.4, -0.2) is 48.8 Å². The van der Waals surface area contributed by atoms with Gasteiger partial charge in [-0.15, -0.1) is 24.0 Å². The van der Waals surface area contributed by atoms with Crippen LogP contribution in [-0.2, 0) is 0 Å². The van der Waals surface area contributed by atoms with Gasteiger partial charge < -0.3 is 15.3 Å². The highest BCUT2D eigenvalue weighted by molar-refractivity contribution is 14.0. The minimum Gasteiger partial charge on any atom is -0.396 e. The van der Waals surface area contributed by atoms with Crippen molar-refractivity contribution < 1.29 is 5.11 Å². The van der Waals surface area contributed by atoms with Gasteiger partial charge in [0.1, 0.15) is 0 Å². The van der Waals surface area contributed by atoms with E-state index in [0.717, 1.165) is 50.9 Å². The van der Waals surface area contributed by atoms with Crippen molar-refractivity contribution in [3.05, 3.63) is 0 Å². The summed E-state index contributed by atoms with van der Waals surface area (Å²) in [7, 11) is 0. The number of halogens is 1. The van der Waals surface area contributed by atoms with Crippen molar-refractivity contribution in [3.8, 4) is 0 Å². The molecule has 0 saturated carbocycles. The molecule has 132 valence electrons. The Morgan fingerprint density at radius 1 is 1.32 bits per heavy atom. The zero-order valence-electron chi connectivity index (χ0n) is 14.8. The minimum atomic E-state index is 0. The lowest BCUT2D eigenvalue weighted by atomic mass is 9.94. The van der Waals surface area contributed by atoms with Crippen molar-refractivity contribution in [2.75, 3.05) is 32.8 Å². The third kappa shape index (κ3) is 8.56. The molecule has 0 aromatic heterocycles. The van der Waals surface area contributed by atoms with Crippen molar-refractivity contribution in [2.45, 2.75) is 53.4 Å². The maximum Gasteiger partial charge on any atom is 0.193 e. The molecule has 1 rings (SSSR count). The number of guanidine groups is 1. The highest BCUT2D eigenvalue weighted by atomic mass is 127. The van der Waals surface area contributed by atoms with Crippen LogP contribution in [0.2, 0.25) is 0 Å². The van der Waals surface area contributed by atoms with Crippen molar-refractivity contribution in [1.29, 1.82) is 0 Å². The van der Waals surface area contributed by atoms with Gasteiger partial charge in [-0.05, 0) is 50.4 Å². The van der Waals surface area contributed by atoms with E-state index in [-0.39, 0.29) is 30.6 Å². The molecule has 0 spiro atoms. The lowest BCUT2D eigenvalue weighted by Gasteiger charge is -2.33. The minimum absolute atomic E-state index is 0. The fraction of sp³-hybridized carbons (Fsp3) is 0.941. The molecular formula is C17H36IN3O. The van der Waals surface area contributed by atoms with Gasteiger partial charge in [0, 0.05) is 32.8 Å². The Balaban J connectivity index is 0.00000441. The topological polar surface area (TPSA) is 47.9 Å². The lowest BCUT2D eigenvalue weighted by Crippen LogP contribution is -2.45. The first kappa shape index (κ1) is 22.0. The third-order valence-corrected chi connectivity index (χ3v) is 4.26. The van der Waals surface area contributed by atoms with Crippen molar-refractivity contribution in [3.63, 3.8) is 0 Å². The molecule has 22 heavy (non-hydrogen) atoms. The van der Waals surface area contributed by atoms with Gasteiger partial charge in [0.2, 0.25) is 0 Å². The van der Waals surface area contributed by atoms with Gasteiger partial charge in [0.15, 0.2) is 5.96 Å². The van der Waals surface area contributed by atoms with Gasteiger partial charge in [-0.25, -0.2) is 0 Å². The number of hydrogen-bond donors (Lipinski definition) is 2. The van der Waals surface area contributed by atoms with Crippen LogP contribution in [0.4, 0.5) is 0 Å². The third-order valence-electron chi connectivity index (χ3n) is 4.26. The zero-order valence-corrected chi connectivity index (χ0v) is 17.2. The van der Waals surface area contributed by atoms with Crippen LogP contribution in [0.25, 0.3) is 0 Å². The highest BCUT2D eigenvalue weighted by Gasteiger charge is 2.19. The monoisotopic (exact) mass is 425 g/mol. The molecule has 5 heteroatoms. The molecule has 0 aliphatic carbocycles. The Hall–Kier alpha value is -0.0400. The molecule has 1 fully saturated rings. The van der Waals surface area contributed by atoms with Crippen LogP contribution in [0.15, 0.2) is 4.99 Å². The van der Waals surface area contributed by atoms with E-state index in [1.54, 1.807) is 0 Å². The molecule has 2 N–H and O–H groups in total. The van der Waals surface area contributed by atoms with E-state index < -0.39 is 0 Å². The summed E-state index contributed by atoms with van der Waals surface area (Å²) in [5.74, 6) is 3.06. The normalized spacial score (nSPS) is 18.3. The summed E-state index contributed by atoms with van der Waals surface area (Å²) in [5.41, 5.74) is 0. The number of aliphatic hydroxyl groups is 1. The smallest absolute Gasteiger partial charge is 0.193 e. The molecular weight excluding hydrogens is 389 g/mol. The van der Waals surface area contributed by atoms with Gasteiger partial charge in [0.05, 0.1) is 0 Å². The second-order valence-electron chi connectivity index (χ2n) is 6.87. The van der Waals surface area contributed by atoms with E-state index in [0.29, 0.717) is 11.8 Å². The van der Waals surface area contributed by atoms with Crippen LogP contribution in [0.1, 0.15) is 53.4 Å². The Morgan fingerprint density at radius 2 is 1.95 bits per heavy atom. The average Bonchev–Trinajstić information content (AvgIpc) is 2.44. The Bertz CT molecular complexity index is 302. The number of rotatable bonds is 7. The van der Waals surface area contributed by atoms with E-state index >= 15 is 0 Å². The van der Waals surface area contributed by atoms with Crippen LogP contribution in [0.3, 0.4) is 0 Å². The van der Waals surface area contributed by atoms with E-state index in [1.807, 2.05) is 0 Å². The second kappa shape index (κ2) is 12.4. The molecule has 0 aromatic carbocycles. The van der Waals surface area contributed by atoms with Gasteiger partial charge in [-0.3, -0.25) is 4.99 Å². The number of likely N-dealkylation sites (tertiary alicyclic amines) is 1. The van der Waals surface area contributed by atoms with Gasteiger partial charge in [-0.2, -0.15) is 0 Å². The first-order chi connectivity index (χ1) is 10.1. The number of piperidine rings is 1. The summed E-state index contributed by atoms with van der Waals surface area (Å²) in [6.07, 6.45) is 4.52. The molecule has 4 nitrogen and oxygen atoms in total. The van der Waals surface area contributed by atoms with Crippen molar-refractivity contribution in [2.24, 2.45) is 22.7 Å². The van der Waals surface area contributed by atoms with Crippen LogP contribution < -0.4 is 5.32 Å². The number of aliphatic hydroxyl groups excluding tert-OH is 1. The molecule has 1 aliphatic rings. The van der Waals surface area contributed by atoms with Gasteiger partial charge in [-0.1, -0.05) is 20.8 Å². The molecule has 1 saturated heterocycles. The average molecular weight is 425 g/mol. The van der Waals surface area contributed by atoms with Crippen LogP contribution in [0, 0.1) is 17.8 Å². The second-order valence-corrected chi connectivity index (χ2v) is 6.87. The summed E-state index contributed by atoms with van der Waals surface area (Å²) >= 11 is 0. The van der Waals surface area contributed by atoms with Crippen LogP contribution in [0.5, 0.6) is 0 Å². The number of nitrogens with zero attached hydrogens (tertiary/aromatic N) is 2. The molecule has 1 atom stereocenters.